The fourth-order valence-corrected chi connectivity index (χ4v) is 14.6. The van der Waals surface area contributed by atoms with Crippen molar-refractivity contribution in [3.63, 3.8) is 0 Å². The third kappa shape index (κ3) is 19.4. The van der Waals surface area contributed by atoms with Crippen LogP contribution in [0, 0.1) is 11.8 Å². The van der Waals surface area contributed by atoms with Gasteiger partial charge in [-0.1, -0.05) is 116 Å². The molecule has 2 saturated carbocycles. The van der Waals surface area contributed by atoms with Crippen LogP contribution in [0.3, 0.4) is 0 Å². The minimum atomic E-state index is -0.588. The van der Waals surface area contributed by atoms with Crippen molar-refractivity contribution in [2.45, 2.75) is 248 Å². The molecule has 13 rings (SSSR count). The van der Waals surface area contributed by atoms with E-state index < -0.39 is 29.5 Å². The zero-order valence-corrected chi connectivity index (χ0v) is 62.2. The van der Waals surface area contributed by atoms with Crippen molar-refractivity contribution in [3.8, 4) is 0 Å². The molecule has 6 aromatic rings. The lowest BCUT2D eigenvalue weighted by molar-refractivity contribution is -0.120. The Balaban J connectivity index is 0.000000154. The number of benzene rings is 1. The van der Waals surface area contributed by atoms with E-state index in [1.165, 1.54) is 38.2 Å². The molecule has 5 aromatic heterocycles. The van der Waals surface area contributed by atoms with Gasteiger partial charge in [0.2, 0.25) is 29.5 Å². The van der Waals surface area contributed by atoms with Crippen molar-refractivity contribution in [1.29, 1.82) is 0 Å². The predicted molar refractivity (Wildman–Crippen MR) is 399 cm³/mol. The van der Waals surface area contributed by atoms with Gasteiger partial charge < -0.3 is 22.8 Å². The van der Waals surface area contributed by atoms with Gasteiger partial charge in [0.1, 0.15) is 27.8 Å². The molecule has 564 valence electrons. The predicted octanol–water partition coefficient (Wildman–Crippen LogP) is 7.71. The first-order valence-electron chi connectivity index (χ1n) is 38.0. The molecule has 0 radical (unpaired) electrons. The van der Waals surface area contributed by atoms with Gasteiger partial charge in [0, 0.05) is 120 Å². The van der Waals surface area contributed by atoms with E-state index in [2.05, 4.69) is 65.8 Å². The van der Waals surface area contributed by atoms with E-state index in [1.807, 2.05) is 62.4 Å². The van der Waals surface area contributed by atoms with Crippen LogP contribution in [0.5, 0.6) is 0 Å². The van der Waals surface area contributed by atoms with Crippen LogP contribution in [-0.2, 0) is 121 Å². The normalized spacial score (nSPS) is 15.5. The van der Waals surface area contributed by atoms with E-state index in [0.717, 1.165) is 156 Å². The Bertz CT molecular complexity index is 4720. The van der Waals surface area contributed by atoms with Crippen LogP contribution in [-0.4, -0.2) is 81.9 Å². The number of amides is 10. The van der Waals surface area contributed by atoms with Crippen LogP contribution >= 0.6 is 0 Å². The van der Waals surface area contributed by atoms with Crippen molar-refractivity contribution < 1.29 is 47.9 Å². The molecule has 5 aliphatic heterocycles. The van der Waals surface area contributed by atoms with Crippen molar-refractivity contribution >= 4 is 59.1 Å². The molecule has 0 atom stereocenters. The van der Waals surface area contributed by atoms with Crippen molar-refractivity contribution in [1.82, 2.24) is 49.4 Å². The van der Waals surface area contributed by atoms with Crippen LogP contribution in [0.15, 0.2) is 84.6 Å². The second kappa shape index (κ2) is 37.1. The SMILES string of the molecule is CCCCc1cc(=O)c2c(n1CC)CC(=O)NC2=O.CCCCc1cc(=O)c2c(n1CC1CC1)CC(=O)NC2=O.CCCCc1cc(=O)c2c(n1CCCC)CC(=O)NC2=O.CCCCc1cc(=O)c2c(n1Cc1ccccc1)CC(=O)NC2=O.CCn1c(CCC2CCC2)cc(=O)c2c1CC(=O)NC2=O. The number of imide groups is 5. The number of carbonyl (C=O) groups excluding carboxylic acids is 10. The van der Waals surface area contributed by atoms with E-state index in [1.54, 1.807) is 24.3 Å². The van der Waals surface area contributed by atoms with Crippen molar-refractivity contribution in [2.24, 2.45) is 11.8 Å². The molecule has 10 heterocycles. The number of aryl methyl sites for hydroxylation is 5. The molecular weight excluding hydrogens is 1350 g/mol. The maximum atomic E-state index is 12.4. The quantitative estimate of drug-likeness (QED) is 0.0362. The molecule has 25 heteroatoms. The zero-order valence-electron chi connectivity index (χ0n) is 62.2. The average molecular weight is 1450 g/mol. The van der Waals surface area contributed by atoms with Gasteiger partial charge in [-0.15, -0.1) is 0 Å². The molecule has 25 nitrogen and oxygen atoms in total. The lowest BCUT2D eigenvalue weighted by atomic mass is 9.81. The highest BCUT2D eigenvalue weighted by molar-refractivity contribution is 6.12. The number of carbonyl (C=O) groups is 10. The largest absolute Gasteiger partial charge is 0.347 e. The minimum Gasteiger partial charge on any atom is -0.347 e. The number of rotatable bonds is 24. The summed E-state index contributed by atoms with van der Waals surface area (Å²) in [5.74, 6) is -3.10. The van der Waals surface area contributed by atoms with Crippen molar-refractivity contribution in [3.05, 3.63) is 202 Å². The maximum Gasteiger partial charge on any atom is 0.263 e. The van der Waals surface area contributed by atoms with E-state index in [-0.39, 0.29) is 117 Å². The summed E-state index contributed by atoms with van der Waals surface area (Å²) in [4.78, 5) is 179. The molecule has 5 N–H and O–H groups in total. The molecule has 7 aliphatic rings. The molecule has 0 saturated heterocycles. The maximum absolute atomic E-state index is 12.4. The Kier molecular flexibility index (Phi) is 27.9. The Morgan fingerprint density at radius 1 is 0.330 bits per heavy atom. The zero-order chi connectivity index (χ0) is 76.5. The Morgan fingerprint density at radius 3 is 0.953 bits per heavy atom. The first-order valence-corrected chi connectivity index (χ1v) is 38.0. The van der Waals surface area contributed by atoms with Crippen LogP contribution < -0.4 is 53.7 Å². The van der Waals surface area contributed by atoms with Gasteiger partial charge >= 0.3 is 0 Å². The van der Waals surface area contributed by atoms with Gasteiger partial charge in [-0.3, -0.25) is 98.5 Å². The Morgan fingerprint density at radius 2 is 0.632 bits per heavy atom. The smallest absolute Gasteiger partial charge is 0.263 e. The second-order valence-electron chi connectivity index (χ2n) is 28.2. The van der Waals surface area contributed by atoms with Crippen molar-refractivity contribution in [2.75, 3.05) is 0 Å². The summed E-state index contributed by atoms with van der Waals surface area (Å²) < 4.78 is 9.97. The molecule has 2 fully saturated rings. The highest BCUT2D eigenvalue weighted by Crippen LogP contribution is 2.33. The number of aromatic nitrogens is 5. The summed E-state index contributed by atoms with van der Waals surface area (Å²) in [7, 11) is 0. The fraction of sp³-hybridized carbons (Fsp3) is 0.494. The number of nitrogens with zero attached hydrogens (tertiary/aromatic N) is 5. The Hall–Kier alpha value is -10.3. The number of nitrogens with one attached hydrogen (secondary N) is 5. The van der Waals surface area contributed by atoms with Gasteiger partial charge in [0.25, 0.3) is 29.5 Å². The van der Waals surface area contributed by atoms with Gasteiger partial charge in [-0.05, 0) is 115 Å². The van der Waals surface area contributed by atoms with E-state index in [9.17, 15) is 71.9 Å². The van der Waals surface area contributed by atoms with E-state index >= 15 is 0 Å². The molecule has 1 aromatic carbocycles. The van der Waals surface area contributed by atoms with Crippen LogP contribution in [0.1, 0.15) is 265 Å². The highest BCUT2D eigenvalue weighted by Gasteiger charge is 2.35. The monoisotopic (exact) mass is 1450 g/mol. The molecule has 2 aliphatic carbocycles. The first kappa shape index (κ1) is 79.8. The summed E-state index contributed by atoms with van der Waals surface area (Å²) in [5, 5.41) is 11.1. The third-order valence-corrected chi connectivity index (χ3v) is 20.4. The van der Waals surface area contributed by atoms with Gasteiger partial charge in [-0.2, -0.15) is 0 Å². The van der Waals surface area contributed by atoms with Crippen LogP contribution in [0.4, 0.5) is 0 Å². The van der Waals surface area contributed by atoms with Gasteiger partial charge in [0.15, 0.2) is 27.1 Å². The van der Waals surface area contributed by atoms with Crippen LogP contribution in [0.2, 0.25) is 0 Å². The second-order valence-corrected chi connectivity index (χ2v) is 28.2. The molecule has 106 heavy (non-hydrogen) atoms. The standard InChI is InChI=1S/C19H20N2O3.2C16H20N2O3.C16H22N2O3.C14H18N2O3/c1-2-3-9-14-10-16(22)18-15(11-17(23)20-19(18)24)21(14)12-13-7-5-4-6-8-13;1-2-18-11(7-6-10-4-3-5-10)8-13(19)15-12(18)9-14(20)17-16(15)21;1-2-3-4-11-7-13(19)15-12(8-14(20)17-16(15)21)18(11)9-10-5-6-10;1-3-5-7-11-9-13(19)15-12(18(11)8-6-4-2)10-14(20)17-16(15)21;1-3-5-6-9-7-11(17)13-10(16(9)4-2)8-12(18)15-14(13)19/h4-8,10H,2-3,9,11-12H2,1H3,(H,20,23,24);8,10H,2-7,9H2,1H3,(H,17,20,21);7,10H,2-6,8-9H2,1H3,(H,17,20,21);9H,3-8,10H2,1-2H3,(H,17,20,21);7H,3-6,8H2,1-2H3,(H,15,18,19). The molecular formula is C81H100N10O15. The summed E-state index contributed by atoms with van der Waals surface area (Å²) in [6, 6.07) is 17.7. The first-order chi connectivity index (χ1) is 50.9. The third-order valence-electron chi connectivity index (χ3n) is 20.4. The lowest BCUT2D eigenvalue weighted by Crippen LogP contribution is -2.43. The van der Waals surface area contributed by atoms with E-state index in [4.69, 9.17) is 0 Å². The van der Waals surface area contributed by atoms with Gasteiger partial charge in [-0.25, -0.2) is 0 Å². The molecule has 0 bridgehead atoms. The molecule has 10 amide bonds. The summed E-state index contributed by atoms with van der Waals surface area (Å²) in [5.41, 5.74) is 7.93. The minimum absolute atomic E-state index is 0.0586. The molecule has 0 spiro atoms. The summed E-state index contributed by atoms with van der Waals surface area (Å²) >= 11 is 0. The summed E-state index contributed by atoms with van der Waals surface area (Å²) in [6.45, 7) is 17.9. The topological polar surface area (TPSA) is 341 Å². The Labute approximate surface area is 615 Å². The van der Waals surface area contributed by atoms with Crippen LogP contribution in [0.25, 0.3) is 0 Å². The van der Waals surface area contributed by atoms with E-state index in [0.29, 0.717) is 54.0 Å². The average Bonchev–Trinajstić information content (AvgIpc) is 1.35. The number of unbranched alkanes of at least 4 members (excludes halogenated alkanes) is 5. The molecule has 0 unspecified atom stereocenters. The number of hydrogen-bond acceptors (Lipinski definition) is 15. The fourth-order valence-electron chi connectivity index (χ4n) is 14.6. The lowest BCUT2D eigenvalue weighted by Gasteiger charge is -2.27. The number of fused-ring (bicyclic) bond motifs is 5. The summed E-state index contributed by atoms with van der Waals surface area (Å²) in [6.07, 6.45) is 21.9. The highest BCUT2D eigenvalue weighted by atomic mass is 16.2. The number of hydrogen-bond donors (Lipinski definition) is 5. The van der Waals surface area contributed by atoms with Gasteiger partial charge in [0.05, 0.1) is 32.1 Å². The number of pyridine rings is 5.